The van der Waals surface area contributed by atoms with E-state index < -0.39 is 6.10 Å². The second kappa shape index (κ2) is 8.88. The molecule has 1 aromatic rings. The molecule has 1 aromatic heterocycles. The molecule has 0 radical (unpaired) electrons. The van der Waals surface area contributed by atoms with Crippen molar-refractivity contribution < 1.29 is 9.84 Å². The topological polar surface area (TPSA) is 87.2 Å². The van der Waals surface area contributed by atoms with Crippen molar-refractivity contribution >= 4 is 17.7 Å². The molecule has 0 amide bonds. The molecule has 0 spiro atoms. The Labute approximate surface area is 153 Å². The first kappa shape index (κ1) is 18.5. The van der Waals surface area contributed by atoms with Crippen LogP contribution in [0.4, 0.5) is 5.95 Å². The predicted molar refractivity (Wildman–Crippen MR) is 96.6 cm³/mol. The Morgan fingerprint density at radius 2 is 2.16 bits per heavy atom. The predicted octanol–water partition coefficient (Wildman–Crippen LogP) is 2.06. The van der Waals surface area contributed by atoms with Crippen molar-refractivity contribution in [3.8, 4) is 6.07 Å². The fraction of sp³-hybridized carbons (Fsp3) is 0.824. The van der Waals surface area contributed by atoms with E-state index in [2.05, 4.69) is 26.6 Å². The molecular weight excluding hydrogens is 338 g/mol. The largest absolute Gasteiger partial charge is 0.391 e. The van der Waals surface area contributed by atoms with Gasteiger partial charge in [-0.05, 0) is 31.6 Å². The Hall–Kier alpha value is -1.30. The minimum atomic E-state index is -0.637. The van der Waals surface area contributed by atoms with Gasteiger partial charge in [0.15, 0.2) is 5.16 Å². The SMILES string of the molecule is CC1CCN(c2nnc(SC[C@H](O)CC#N)n2C[C@@H]2CCCO2)CC1. The van der Waals surface area contributed by atoms with Gasteiger partial charge in [-0.3, -0.25) is 4.57 Å². The molecule has 138 valence electrons. The molecule has 2 saturated heterocycles. The van der Waals surface area contributed by atoms with Crippen LogP contribution in [0, 0.1) is 17.2 Å². The average molecular weight is 366 g/mol. The standard InChI is InChI=1S/C17H27N5O2S/c1-13-5-8-21(9-6-13)16-19-20-17(25-12-14(23)4-7-18)22(16)11-15-3-2-10-24-15/h13-15,23H,2-6,8-12H2,1H3/t14-,15+/m1/s1. The molecular formula is C17H27N5O2S. The van der Waals surface area contributed by atoms with E-state index in [1.165, 1.54) is 24.6 Å². The van der Waals surface area contributed by atoms with Crippen molar-refractivity contribution in [3.05, 3.63) is 0 Å². The maximum atomic E-state index is 9.83. The number of ether oxygens (including phenoxy) is 1. The van der Waals surface area contributed by atoms with Crippen LogP contribution in [0.15, 0.2) is 5.16 Å². The highest BCUT2D eigenvalue weighted by atomic mass is 32.2. The van der Waals surface area contributed by atoms with E-state index >= 15 is 0 Å². The number of anilines is 1. The van der Waals surface area contributed by atoms with E-state index in [9.17, 15) is 5.11 Å². The van der Waals surface area contributed by atoms with Gasteiger partial charge in [0.1, 0.15) is 0 Å². The van der Waals surface area contributed by atoms with Gasteiger partial charge in [0.05, 0.1) is 31.2 Å². The van der Waals surface area contributed by atoms with Crippen molar-refractivity contribution in [3.63, 3.8) is 0 Å². The van der Waals surface area contributed by atoms with Gasteiger partial charge in [0, 0.05) is 25.4 Å². The van der Waals surface area contributed by atoms with Crippen molar-refractivity contribution in [2.24, 2.45) is 5.92 Å². The monoisotopic (exact) mass is 365 g/mol. The maximum Gasteiger partial charge on any atom is 0.228 e. The summed E-state index contributed by atoms with van der Waals surface area (Å²) in [6, 6.07) is 2.00. The number of hydrogen-bond acceptors (Lipinski definition) is 7. The molecule has 3 rings (SSSR count). The Bertz CT molecular complexity index is 588. The molecule has 8 heteroatoms. The molecule has 25 heavy (non-hydrogen) atoms. The second-order valence-corrected chi connectivity index (χ2v) is 8.01. The molecule has 0 saturated carbocycles. The van der Waals surface area contributed by atoms with Crippen LogP contribution in [-0.4, -0.2) is 57.5 Å². The average Bonchev–Trinajstić information content (AvgIpc) is 3.25. The normalized spacial score (nSPS) is 22.9. The van der Waals surface area contributed by atoms with Gasteiger partial charge >= 0.3 is 0 Å². The van der Waals surface area contributed by atoms with E-state index in [0.717, 1.165) is 56.1 Å². The van der Waals surface area contributed by atoms with Crippen molar-refractivity contribution in [1.82, 2.24) is 14.8 Å². The fourth-order valence-electron chi connectivity index (χ4n) is 3.32. The van der Waals surface area contributed by atoms with Gasteiger partial charge in [-0.25, -0.2) is 0 Å². The number of nitriles is 1. The highest BCUT2D eigenvalue weighted by Gasteiger charge is 2.26. The van der Waals surface area contributed by atoms with Gasteiger partial charge in [-0.15, -0.1) is 10.2 Å². The lowest BCUT2D eigenvalue weighted by Crippen LogP contribution is -2.35. The minimum absolute atomic E-state index is 0.143. The zero-order chi connectivity index (χ0) is 17.6. The summed E-state index contributed by atoms with van der Waals surface area (Å²) in [6.07, 6.45) is 4.24. The van der Waals surface area contributed by atoms with Gasteiger partial charge < -0.3 is 14.7 Å². The van der Waals surface area contributed by atoms with Gasteiger partial charge in [-0.1, -0.05) is 18.7 Å². The number of thioether (sulfide) groups is 1. The van der Waals surface area contributed by atoms with E-state index in [1.807, 2.05) is 6.07 Å². The van der Waals surface area contributed by atoms with Gasteiger partial charge in [-0.2, -0.15) is 5.26 Å². The number of rotatable bonds is 7. The zero-order valence-electron chi connectivity index (χ0n) is 14.8. The Morgan fingerprint density at radius 3 is 2.84 bits per heavy atom. The zero-order valence-corrected chi connectivity index (χ0v) is 15.6. The molecule has 2 aliphatic heterocycles. The fourth-order valence-corrected chi connectivity index (χ4v) is 4.19. The lowest BCUT2D eigenvalue weighted by Gasteiger charge is -2.31. The Balaban J connectivity index is 1.73. The van der Waals surface area contributed by atoms with Crippen LogP contribution in [0.25, 0.3) is 0 Å². The second-order valence-electron chi connectivity index (χ2n) is 7.02. The number of aliphatic hydroxyl groups excluding tert-OH is 1. The summed E-state index contributed by atoms with van der Waals surface area (Å²) in [5, 5.41) is 28.2. The smallest absolute Gasteiger partial charge is 0.228 e. The molecule has 0 bridgehead atoms. The van der Waals surface area contributed by atoms with Crippen LogP contribution in [0.5, 0.6) is 0 Å². The number of piperidine rings is 1. The van der Waals surface area contributed by atoms with Crippen molar-refractivity contribution in [2.75, 3.05) is 30.3 Å². The molecule has 0 unspecified atom stereocenters. The summed E-state index contributed by atoms with van der Waals surface area (Å²) in [4.78, 5) is 2.32. The van der Waals surface area contributed by atoms with Crippen LogP contribution < -0.4 is 4.90 Å². The first-order valence-corrected chi connectivity index (χ1v) is 10.1. The lowest BCUT2D eigenvalue weighted by molar-refractivity contribution is 0.0951. The molecule has 7 nitrogen and oxygen atoms in total. The first-order chi connectivity index (χ1) is 12.2. The summed E-state index contributed by atoms with van der Waals surface area (Å²) in [7, 11) is 0. The summed E-state index contributed by atoms with van der Waals surface area (Å²) in [5.74, 6) is 2.13. The molecule has 2 atom stereocenters. The lowest BCUT2D eigenvalue weighted by atomic mass is 10.00. The number of aliphatic hydroxyl groups is 1. The van der Waals surface area contributed by atoms with E-state index in [-0.39, 0.29) is 12.5 Å². The molecule has 2 fully saturated rings. The molecule has 1 N–H and O–H groups in total. The summed E-state index contributed by atoms with van der Waals surface area (Å²) >= 11 is 1.47. The van der Waals surface area contributed by atoms with Crippen LogP contribution in [0.3, 0.4) is 0 Å². The van der Waals surface area contributed by atoms with Crippen LogP contribution in [0.1, 0.15) is 39.0 Å². The highest BCUT2D eigenvalue weighted by molar-refractivity contribution is 7.99. The summed E-state index contributed by atoms with van der Waals surface area (Å²) < 4.78 is 7.96. The molecule has 0 aromatic carbocycles. The van der Waals surface area contributed by atoms with E-state index in [0.29, 0.717) is 5.75 Å². The third-order valence-corrected chi connectivity index (χ3v) is 6.02. The van der Waals surface area contributed by atoms with Crippen LogP contribution in [-0.2, 0) is 11.3 Å². The number of nitrogens with zero attached hydrogens (tertiary/aromatic N) is 5. The highest BCUT2D eigenvalue weighted by Crippen LogP contribution is 2.28. The quantitative estimate of drug-likeness (QED) is 0.740. The van der Waals surface area contributed by atoms with Gasteiger partial charge in [0.2, 0.25) is 5.95 Å². The Morgan fingerprint density at radius 1 is 1.36 bits per heavy atom. The van der Waals surface area contributed by atoms with Gasteiger partial charge in [0.25, 0.3) is 0 Å². The van der Waals surface area contributed by atoms with Crippen LogP contribution in [0.2, 0.25) is 0 Å². The summed E-state index contributed by atoms with van der Waals surface area (Å²) in [6.45, 7) is 5.89. The third-order valence-electron chi connectivity index (χ3n) is 4.91. The number of aromatic nitrogens is 3. The molecule has 0 aliphatic carbocycles. The van der Waals surface area contributed by atoms with Crippen LogP contribution >= 0.6 is 11.8 Å². The Kier molecular flexibility index (Phi) is 6.57. The first-order valence-electron chi connectivity index (χ1n) is 9.15. The van der Waals surface area contributed by atoms with E-state index in [1.54, 1.807) is 0 Å². The summed E-state index contributed by atoms with van der Waals surface area (Å²) in [5.41, 5.74) is 0. The maximum absolute atomic E-state index is 9.83. The van der Waals surface area contributed by atoms with E-state index in [4.69, 9.17) is 10.00 Å². The van der Waals surface area contributed by atoms with Crippen molar-refractivity contribution in [2.45, 2.75) is 62.9 Å². The van der Waals surface area contributed by atoms with Crippen molar-refractivity contribution in [1.29, 1.82) is 5.26 Å². The molecule has 3 heterocycles. The molecule has 2 aliphatic rings. The third kappa shape index (κ3) is 4.87. The minimum Gasteiger partial charge on any atom is -0.391 e. The number of hydrogen-bond donors (Lipinski definition) is 1.